The number of anilines is 3. The Kier molecular flexibility index (Phi) is 5.46. The molecule has 1 saturated carbocycles. The van der Waals surface area contributed by atoms with E-state index < -0.39 is 10.0 Å². The van der Waals surface area contributed by atoms with Gasteiger partial charge in [-0.1, -0.05) is 48.5 Å². The third kappa shape index (κ3) is 4.72. The first-order valence-electron chi connectivity index (χ1n) is 9.51. The molecule has 2 aromatic carbocycles. The van der Waals surface area contributed by atoms with Crippen molar-refractivity contribution in [3.05, 3.63) is 66.2 Å². The van der Waals surface area contributed by atoms with Crippen LogP contribution in [0, 0.1) is 6.92 Å². The Morgan fingerprint density at radius 1 is 0.966 bits per heavy atom. The predicted octanol–water partition coefficient (Wildman–Crippen LogP) is 3.65. The molecule has 1 heterocycles. The van der Waals surface area contributed by atoms with Gasteiger partial charge in [0, 0.05) is 16.8 Å². The van der Waals surface area contributed by atoms with Crippen LogP contribution in [0.2, 0.25) is 0 Å². The zero-order valence-corrected chi connectivity index (χ0v) is 16.9. The van der Waals surface area contributed by atoms with Crippen LogP contribution in [0.1, 0.15) is 18.4 Å². The quantitative estimate of drug-likeness (QED) is 0.492. The summed E-state index contributed by atoms with van der Waals surface area (Å²) < 4.78 is 26.7. The molecule has 0 bridgehead atoms. The molecule has 3 aromatic rings. The minimum Gasteiger partial charge on any atom is -0.356 e. The van der Waals surface area contributed by atoms with Crippen molar-refractivity contribution < 1.29 is 8.42 Å². The summed E-state index contributed by atoms with van der Waals surface area (Å²) in [6, 6.07) is 19.5. The van der Waals surface area contributed by atoms with Gasteiger partial charge in [-0.25, -0.2) is 13.4 Å². The summed E-state index contributed by atoms with van der Waals surface area (Å²) in [5, 5.41) is 6.06. The molecule has 0 aliphatic heterocycles. The topological polar surface area (TPSA) is 96.0 Å². The van der Waals surface area contributed by atoms with Crippen molar-refractivity contribution >= 4 is 27.5 Å². The lowest BCUT2D eigenvalue weighted by atomic mass is 10.1. The van der Waals surface area contributed by atoms with E-state index in [1.807, 2.05) is 67.6 Å². The van der Waals surface area contributed by atoms with E-state index in [1.165, 1.54) is 0 Å². The van der Waals surface area contributed by atoms with Gasteiger partial charge in [0.1, 0.15) is 5.82 Å². The molecule has 1 aliphatic carbocycles. The first-order valence-corrected chi connectivity index (χ1v) is 11.1. The van der Waals surface area contributed by atoms with Gasteiger partial charge in [-0.15, -0.1) is 0 Å². The lowest BCUT2D eigenvalue weighted by molar-refractivity contribution is 0.583. The molecule has 1 fully saturated rings. The van der Waals surface area contributed by atoms with Crippen molar-refractivity contribution in [3.8, 4) is 11.3 Å². The summed E-state index contributed by atoms with van der Waals surface area (Å²) in [5.74, 6) is 1.02. The van der Waals surface area contributed by atoms with Crippen LogP contribution in [-0.2, 0) is 10.0 Å². The Morgan fingerprint density at radius 2 is 1.62 bits per heavy atom. The fraction of sp³-hybridized carbons (Fsp3) is 0.238. The largest absolute Gasteiger partial charge is 0.356 e. The van der Waals surface area contributed by atoms with Crippen molar-refractivity contribution in [1.29, 1.82) is 0 Å². The lowest BCUT2D eigenvalue weighted by Crippen LogP contribution is -2.32. The molecule has 29 heavy (non-hydrogen) atoms. The third-order valence-electron chi connectivity index (χ3n) is 4.72. The van der Waals surface area contributed by atoms with E-state index in [2.05, 4.69) is 20.3 Å². The summed E-state index contributed by atoms with van der Waals surface area (Å²) >= 11 is 0. The summed E-state index contributed by atoms with van der Waals surface area (Å²) in [6.07, 6.45) is 1.45. The zero-order valence-electron chi connectivity index (χ0n) is 16.1. The SMILES string of the molecule is Cc1c(NCNS(=O)(=O)C2CC2)nc(Nc2ccccc2)nc1-c1ccccc1. The predicted molar refractivity (Wildman–Crippen MR) is 115 cm³/mol. The summed E-state index contributed by atoms with van der Waals surface area (Å²) in [7, 11) is -3.26. The highest BCUT2D eigenvalue weighted by Gasteiger charge is 2.35. The number of aromatic nitrogens is 2. The second kappa shape index (κ2) is 8.18. The highest BCUT2D eigenvalue weighted by molar-refractivity contribution is 7.90. The molecule has 8 heteroatoms. The first kappa shape index (κ1) is 19.4. The number of rotatable bonds is 8. The highest BCUT2D eigenvalue weighted by Crippen LogP contribution is 2.29. The van der Waals surface area contributed by atoms with Crippen LogP contribution in [0.3, 0.4) is 0 Å². The zero-order chi connectivity index (χ0) is 20.3. The van der Waals surface area contributed by atoms with E-state index in [1.54, 1.807) is 0 Å². The Balaban J connectivity index is 1.62. The maximum Gasteiger partial charge on any atom is 0.229 e. The van der Waals surface area contributed by atoms with Crippen molar-refractivity contribution in [1.82, 2.24) is 14.7 Å². The van der Waals surface area contributed by atoms with Gasteiger partial charge in [-0.3, -0.25) is 0 Å². The van der Waals surface area contributed by atoms with Crippen molar-refractivity contribution in [2.24, 2.45) is 0 Å². The fourth-order valence-electron chi connectivity index (χ4n) is 2.99. The molecule has 0 atom stereocenters. The number of sulfonamides is 1. The molecular weight excluding hydrogens is 386 g/mol. The van der Waals surface area contributed by atoms with Crippen LogP contribution in [0.5, 0.6) is 0 Å². The number of hydrogen-bond donors (Lipinski definition) is 3. The number of para-hydroxylation sites is 1. The number of nitrogens with zero attached hydrogens (tertiary/aromatic N) is 2. The number of hydrogen-bond acceptors (Lipinski definition) is 6. The molecule has 150 valence electrons. The molecule has 0 amide bonds. The van der Waals surface area contributed by atoms with Crippen LogP contribution in [0.25, 0.3) is 11.3 Å². The molecule has 7 nitrogen and oxygen atoms in total. The van der Waals surface area contributed by atoms with Gasteiger partial charge in [0.25, 0.3) is 0 Å². The third-order valence-corrected chi connectivity index (χ3v) is 6.61. The molecule has 0 saturated heterocycles. The Bertz CT molecular complexity index is 1080. The van der Waals surface area contributed by atoms with Gasteiger partial charge < -0.3 is 10.6 Å². The first-order chi connectivity index (χ1) is 14.0. The molecule has 4 rings (SSSR count). The molecule has 1 aliphatic rings. The standard InChI is InChI=1S/C21H23N5O2S/c1-15-19(16-8-4-2-5-9-16)25-21(24-17-10-6-3-7-11-17)26-20(15)22-14-23-29(27,28)18-12-13-18/h2-11,18,23H,12-14H2,1H3,(H2,22,24,25,26). The van der Waals surface area contributed by atoms with Gasteiger partial charge in [0.15, 0.2) is 0 Å². The van der Waals surface area contributed by atoms with E-state index in [0.717, 1.165) is 35.3 Å². The average Bonchev–Trinajstić information content (AvgIpc) is 3.57. The molecule has 0 spiro atoms. The monoisotopic (exact) mass is 409 g/mol. The van der Waals surface area contributed by atoms with E-state index in [-0.39, 0.29) is 11.9 Å². The van der Waals surface area contributed by atoms with Gasteiger partial charge in [-0.2, -0.15) is 9.71 Å². The van der Waals surface area contributed by atoms with Gasteiger partial charge in [-0.05, 0) is 31.9 Å². The van der Waals surface area contributed by atoms with Crippen LogP contribution < -0.4 is 15.4 Å². The lowest BCUT2D eigenvalue weighted by Gasteiger charge is -2.15. The van der Waals surface area contributed by atoms with Gasteiger partial charge >= 0.3 is 0 Å². The molecule has 0 radical (unpaired) electrons. The normalized spacial score (nSPS) is 13.8. The Labute approximate surface area is 170 Å². The molecule has 3 N–H and O–H groups in total. The van der Waals surface area contributed by atoms with Crippen LogP contribution in [-0.4, -0.2) is 30.3 Å². The van der Waals surface area contributed by atoms with Crippen molar-refractivity contribution in [3.63, 3.8) is 0 Å². The van der Waals surface area contributed by atoms with Crippen molar-refractivity contribution in [2.45, 2.75) is 25.0 Å². The van der Waals surface area contributed by atoms with E-state index in [9.17, 15) is 8.42 Å². The summed E-state index contributed by atoms with van der Waals surface area (Å²) in [5.41, 5.74) is 3.47. The average molecular weight is 410 g/mol. The van der Waals surface area contributed by atoms with Crippen molar-refractivity contribution in [2.75, 3.05) is 17.3 Å². The molecule has 1 aromatic heterocycles. The second-order valence-electron chi connectivity index (χ2n) is 6.97. The summed E-state index contributed by atoms with van der Waals surface area (Å²) in [6.45, 7) is 2.00. The van der Waals surface area contributed by atoms with E-state index >= 15 is 0 Å². The van der Waals surface area contributed by atoms with E-state index in [4.69, 9.17) is 4.98 Å². The number of nitrogens with one attached hydrogen (secondary N) is 3. The number of benzene rings is 2. The molecular formula is C21H23N5O2S. The fourth-order valence-corrected chi connectivity index (χ4v) is 4.25. The van der Waals surface area contributed by atoms with Crippen LogP contribution in [0.15, 0.2) is 60.7 Å². The smallest absolute Gasteiger partial charge is 0.229 e. The second-order valence-corrected chi connectivity index (χ2v) is 9.01. The van der Waals surface area contributed by atoms with Gasteiger partial charge in [0.2, 0.25) is 16.0 Å². The minimum absolute atomic E-state index is 0.0791. The minimum atomic E-state index is -3.26. The maximum atomic E-state index is 12.1. The van der Waals surface area contributed by atoms with Crippen LogP contribution >= 0.6 is 0 Å². The van der Waals surface area contributed by atoms with Crippen LogP contribution in [0.4, 0.5) is 17.5 Å². The Morgan fingerprint density at radius 3 is 2.28 bits per heavy atom. The van der Waals surface area contributed by atoms with Gasteiger partial charge in [0.05, 0.1) is 17.6 Å². The Hall–Kier alpha value is -2.97. The highest BCUT2D eigenvalue weighted by atomic mass is 32.2. The van der Waals surface area contributed by atoms with E-state index in [0.29, 0.717) is 11.8 Å². The summed E-state index contributed by atoms with van der Waals surface area (Å²) in [4.78, 5) is 9.26. The maximum absolute atomic E-state index is 12.1. The molecule has 0 unspecified atom stereocenters.